The van der Waals surface area contributed by atoms with Gasteiger partial charge < -0.3 is 16.0 Å². The molecule has 0 aliphatic heterocycles. The minimum absolute atomic E-state index is 0.108. The molecule has 0 atom stereocenters. The van der Waals surface area contributed by atoms with Crippen LogP contribution in [-0.2, 0) is 0 Å². The van der Waals surface area contributed by atoms with Crippen molar-refractivity contribution < 1.29 is 4.79 Å². The number of hydrogen-bond donors (Lipinski definition) is 3. The van der Waals surface area contributed by atoms with Crippen molar-refractivity contribution in [3.63, 3.8) is 0 Å². The van der Waals surface area contributed by atoms with Gasteiger partial charge in [-0.15, -0.1) is 10.2 Å². The summed E-state index contributed by atoms with van der Waals surface area (Å²) in [7, 11) is 0. The molecule has 0 bridgehead atoms. The van der Waals surface area contributed by atoms with Crippen LogP contribution in [0.15, 0.2) is 91.3 Å². The van der Waals surface area contributed by atoms with E-state index in [1.807, 2.05) is 78.9 Å². The van der Waals surface area contributed by atoms with Crippen molar-refractivity contribution in [2.75, 3.05) is 23.7 Å². The Morgan fingerprint density at radius 1 is 0.742 bits per heavy atom. The van der Waals surface area contributed by atoms with Gasteiger partial charge in [0.1, 0.15) is 5.82 Å². The molecule has 3 N–H and O–H groups in total. The Labute approximate surface area is 180 Å². The van der Waals surface area contributed by atoms with E-state index in [-0.39, 0.29) is 5.91 Å². The van der Waals surface area contributed by atoms with Gasteiger partial charge in [-0.1, -0.05) is 42.5 Å². The number of amides is 1. The normalized spacial score (nSPS) is 10.3. The fraction of sp³-hybridized carbons (Fsp3) is 0.0833. The van der Waals surface area contributed by atoms with Crippen LogP contribution in [0.1, 0.15) is 10.4 Å². The second-order valence-electron chi connectivity index (χ2n) is 6.80. The molecule has 7 nitrogen and oxygen atoms in total. The lowest BCUT2D eigenvalue weighted by molar-refractivity contribution is 0.0955. The molecule has 4 rings (SSSR count). The van der Waals surface area contributed by atoms with E-state index in [1.54, 1.807) is 12.4 Å². The maximum absolute atomic E-state index is 12.3. The van der Waals surface area contributed by atoms with E-state index < -0.39 is 0 Å². The van der Waals surface area contributed by atoms with Gasteiger partial charge in [-0.2, -0.15) is 0 Å². The summed E-state index contributed by atoms with van der Waals surface area (Å²) in [5, 5.41) is 17.4. The zero-order chi connectivity index (χ0) is 21.3. The molecule has 0 radical (unpaired) electrons. The second-order valence-corrected chi connectivity index (χ2v) is 6.80. The predicted octanol–water partition coefficient (Wildman–Crippen LogP) is 4.12. The third-order valence-corrected chi connectivity index (χ3v) is 4.57. The third-order valence-electron chi connectivity index (χ3n) is 4.57. The van der Waals surface area contributed by atoms with Crippen molar-refractivity contribution >= 4 is 23.2 Å². The van der Waals surface area contributed by atoms with E-state index in [9.17, 15) is 4.79 Å². The van der Waals surface area contributed by atoms with Crippen molar-refractivity contribution in [1.29, 1.82) is 0 Å². The lowest BCUT2D eigenvalue weighted by atomic mass is 10.0. The fourth-order valence-corrected chi connectivity index (χ4v) is 2.99. The van der Waals surface area contributed by atoms with Crippen LogP contribution in [0.4, 0.5) is 17.3 Å². The van der Waals surface area contributed by atoms with Gasteiger partial charge in [0.15, 0.2) is 5.82 Å². The van der Waals surface area contributed by atoms with Crippen molar-refractivity contribution in [3.05, 3.63) is 96.8 Å². The lowest BCUT2D eigenvalue weighted by Gasteiger charge is -2.09. The molecular weight excluding hydrogens is 388 g/mol. The van der Waals surface area contributed by atoms with Crippen molar-refractivity contribution in [1.82, 2.24) is 20.5 Å². The number of rotatable bonds is 8. The first-order valence-electron chi connectivity index (χ1n) is 9.96. The minimum atomic E-state index is -0.108. The van der Waals surface area contributed by atoms with Gasteiger partial charge in [-0.25, -0.2) is 0 Å². The Balaban J connectivity index is 1.22. The Kier molecular flexibility index (Phi) is 6.45. The van der Waals surface area contributed by atoms with Gasteiger partial charge >= 0.3 is 0 Å². The van der Waals surface area contributed by atoms with Crippen molar-refractivity contribution in [2.45, 2.75) is 0 Å². The highest BCUT2D eigenvalue weighted by molar-refractivity contribution is 5.94. The number of nitrogens with zero attached hydrogens (tertiary/aromatic N) is 3. The lowest BCUT2D eigenvalue weighted by Crippen LogP contribution is -2.28. The number of carbonyl (C=O) groups excluding carboxylic acids is 1. The average Bonchev–Trinajstić information content (AvgIpc) is 2.84. The summed E-state index contributed by atoms with van der Waals surface area (Å²) in [6.45, 7) is 1.01. The summed E-state index contributed by atoms with van der Waals surface area (Å²) >= 11 is 0. The van der Waals surface area contributed by atoms with Gasteiger partial charge in [0.25, 0.3) is 5.91 Å². The summed E-state index contributed by atoms with van der Waals surface area (Å²) in [6.07, 6.45) is 3.42. The molecule has 0 saturated carbocycles. The van der Waals surface area contributed by atoms with Crippen LogP contribution in [0.2, 0.25) is 0 Å². The van der Waals surface area contributed by atoms with Crippen LogP contribution >= 0.6 is 0 Å². The summed E-state index contributed by atoms with van der Waals surface area (Å²) in [6, 6.07) is 25.1. The van der Waals surface area contributed by atoms with Crippen LogP contribution in [0.25, 0.3) is 11.1 Å². The summed E-state index contributed by atoms with van der Waals surface area (Å²) < 4.78 is 0. The van der Waals surface area contributed by atoms with Crippen LogP contribution in [0, 0.1) is 0 Å². The Morgan fingerprint density at radius 2 is 1.48 bits per heavy atom. The number of pyridine rings is 1. The van der Waals surface area contributed by atoms with Gasteiger partial charge in [-0.3, -0.25) is 9.78 Å². The number of nitrogens with one attached hydrogen (secondary N) is 3. The summed E-state index contributed by atoms with van der Waals surface area (Å²) in [4.78, 5) is 16.4. The SMILES string of the molecule is O=C(NCCNc1ccc(Nc2cccnc2)nn1)c1ccc(-c2ccccc2)cc1. The molecule has 0 unspecified atom stereocenters. The van der Waals surface area contributed by atoms with E-state index in [1.165, 1.54) is 0 Å². The smallest absolute Gasteiger partial charge is 0.251 e. The number of aromatic nitrogens is 3. The zero-order valence-electron chi connectivity index (χ0n) is 16.8. The second kappa shape index (κ2) is 9.98. The monoisotopic (exact) mass is 410 g/mol. The molecule has 1 amide bonds. The molecule has 31 heavy (non-hydrogen) atoms. The predicted molar refractivity (Wildman–Crippen MR) is 122 cm³/mol. The first kappa shape index (κ1) is 20.0. The molecule has 0 aliphatic carbocycles. The zero-order valence-corrected chi connectivity index (χ0v) is 16.8. The summed E-state index contributed by atoms with van der Waals surface area (Å²) in [5.41, 5.74) is 3.68. The van der Waals surface area contributed by atoms with Crippen molar-refractivity contribution in [3.8, 4) is 11.1 Å². The maximum atomic E-state index is 12.3. The van der Waals surface area contributed by atoms with Gasteiger partial charge in [0, 0.05) is 24.8 Å². The standard InChI is InChI=1S/C24H22N6O/c31-24(20-10-8-19(9-11-20)18-5-2-1-3-6-18)27-16-15-26-22-12-13-23(30-29-22)28-21-7-4-14-25-17-21/h1-14,17H,15-16H2,(H,26,29)(H,27,31)(H,28,30). The largest absolute Gasteiger partial charge is 0.367 e. The van der Waals surface area contributed by atoms with Crippen LogP contribution in [0.5, 0.6) is 0 Å². The molecular formula is C24H22N6O. The van der Waals surface area contributed by atoms with E-state index in [0.29, 0.717) is 30.3 Å². The van der Waals surface area contributed by atoms with Gasteiger partial charge in [0.2, 0.25) is 0 Å². The van der Waals surface area contributed by atoms with E-state index >= 15 is 0 Å². The molecule has 0 fully saturated rings. The molecule has 2 aromatic heterocycles. The number of benzene rings is 2. The van der Waals surface area contributed by atoms with Crippen molar-refractivity contribution in [2.24, 2.45) is 0 Å². The first-order valence-corrected chi connectivity index (χ1v) is 9.96. The minimum Gasteiger partial charge on any atom is -0.367 e. The van der Waals surface area contributed by atoms with Gasteiger partial charge in [0.05, 0.1) is 11.9 Å². The Bertz CT molecular complexity index is 1100. The van der Waals surface area contributed by atoms with Gasteiger partial charge in [-0.05, 0) is 47.5 Å². The first-order chi connectivity index (χ1) is 15.3. The molecule has 0 spiro atoms. The average molecular weight is 410 g/mol. The molecule has 0 aliphatic rings. The number of carbonyl (C=O) groups is 1. The van der Waals surface area contributed by atoms with Crippen LogP contribution in [0.3, 0.4) is 0 Å². The Morgan fingerprint density at radius 3 is 2.19 bits per heavy atom. The topological polar surface area (TPSA) is 91.8 Å². The van der Waals surface area contributed by atoms with E-state index in [4.69, 9.17) is 0 Å². The molecule has 154 valence electrons. The molecule has 0 saturated heterocycles. The molecule has 4 aromatic rings. The highest BCUT2D eigenvalue weighted by Gasteiger charge is 2.05. The molecule has 7 heteroatoms. The number of hydrogen-bond acceptors (Lipinski definition) is 6. The third kappa shape index (κ3) is 5.63. The summed E-state index contributed by atoms with van der Waals surface area (Å²) in [5.74, 6) is 1.16. The number of anilines is 3. The maximum Gasteiger partial charge on any atom is 0.251 e. The van der Waals surface area contributed by atoms with E-state index in [0.717, 1.165) is 16.8 Å². The molecule has 2 heterocycles. The highest BCUT2D eigenvalue weighted by Crippen LogP contribution is 2.19. The van der Waals surface area contributed by atoms with E-state index in [2.05, 4.69) is 31.1 Å². The van der Waals surface area contributed by atoms with Crippen LogP contribution in [-0.4, -0.2) is 34.2 Å². The molecule has 2 aromatic carbocycles. The van der Waals surface area contributed by atoms with Crippen LogP contribution < -0.4 is 16.0 Å². The fourth-order valence-electron chi connectivity index (χ4n) is 2.99. The quantitative estimate of drug-likeness (QED) is 0.379. The Hall–Kier alpha value is -4.26. The highest BCUT2D eigenvalue weighted by atomic mass is 16.1.